The maximum absolute atomic E-state index is 11.2. The van der Waals surface area contributed by atoms with Crippen LogP contribution in [0.15, 0.2) is 30.3 Å². The summed E-state index contributed by atoms with van der Waals surface area (Å²) in [4.78, 5) is 11.2. The molecule has 0 aliphatic rings. The third-order valence-electron chi connectivity index (χ3n) is 2.23. The number of rotatable bonds is 6. The lowest BCUT2D eigenvalue weighted by Gasteiger charge is -2.09. The average molecular weight is 238 g/mol. The molecule has 1 amide bonds. The first kappa shape index (κ1) is 13.5. The Morgan fingerprint density at radius 1 is 1.41 bits per heavy atom. The minimum absolute atomic E-state index is 0.195. The number of hydrogen-bond donors (Lipinski definition) is 3. The van der Waals surface area contributed by atoms with E-state index in [1.54, 1.807) is 0 Å². The normalized spacial score (nSPS) is 11.9. The summed E-state index contributed by atoms with van der Waals surface area (Å²) in [6.07, 6.45) is -0.640. The molecule has 1 unspecified atom stereocenters. The standard InChI is InChI=1S/C12H18N2O3/c13-8-11(15)6-7-14-12(16)17-9-10-4-2-1-3-5-10/h1-5,11,15H,6-9,13H2,(H,14,16). The number of ether oxygens (including phenoxy) is 1. The lowest BCUT2D eigenvalue weighted by Crippen LogP contribution is -2.30. The van der Waals surface area contributed by atoms with Gasteiger partial charge in [-0.25, -0.2) is 4.79 Å². The lowest BCUT2D eigenvalue weighted by molar-refractivity contribution is 0.134. The zero-order valence-electron chi connectivity index (χ0n) is 9.63. The Kier molecular flexibility index (Phi) is 6.06. The van der Waals surface area contributed by atoms with Crippen LogP contribution in [0.3, 0.4) is 0 Å². The van der Waals surface area contributed by atoms with Crippen molar-refractivity contribution in [2.75, 3.05) is 13.1 Å². The minimum Gasteiger partial charge on any atom is -0.445 e. The van der Waals surface area contributed by atoms with E-state index in [1.807, 2.05) is 30.3 Å². The molecule has 0 aliphatic heterocycles. The molecule has 0 spiro atoms. The van der Waals surface area contributed by atoms with Crippen LogP contribution in [0.4, 0.5) is 4.79 Å². The monoisotopic (exact) mass is 238 g/mol. The summed E-state index contributed by atoms with van der Waals surface area (Å²) in [5, 5.41) is 11.7. The number of nitrogens with two attached hydrogens (primary N) is 1. The van der Waals surface area contributed by atoms with Crippen molar-refractivity contribution in [1.82, 2.24) is 5.32 Å². The van der Waals surface area contributed by atoms with Crippen LogP contribution in [0.25, 0.3) is 0 Å². The molecule has 5 heteroatoms. The van der Waals surface area contributed by atoms with Gasteiger partial charge in [-0.3, -0.25) is 0 Å². The zero-order chi connectivity index (χ0) is 12.5. The highest BCUT2D eigenvalue weighted by molar-refractivity contribution is 5.67. The molecular weight excluding hydrogens is 220 g/mol. The quantitative estimate of drug-likeness (QED) is 0.678. The number of nitrogens with one attached hydrogen (secondary N) is 1. The van der Waals surface area contributed by atoms with Gasteiger partial charge in [0.15, 0.2) is 0 Å². The fourth-order valence-electron chi connectivity index (χ4n) is 1.23. The summed E-state index contributed by atoms with van der Waals surface area (Å²) in [7, 11) is 0. The van der Waals surface area contributed by atoms with Crippen LogP contribution in [0, 0.1) is 0 Å². The van der Waals surface area contributed by atoms with E-state index < -0.39 is 12.2 Å². The smallest absolute Gasteiger partial charge is 0.407 e. The van der Waals surface area contributed by atoms with E-state index >= 15 is 0 Å². The molecule has 0 bridgehead atoms. The maximum Gasteiger partial charge on any atom is 0.407 e. The SMILES string of the molecule is NCC(O)CCNC(=O)OCc1ccccc1. The van der Waals surface area contributed by atoms with Crippen LogP contribution in [0.5, 0.6) is 0 Å². The topological polar surface area (TPSA) is 84.6 Å². The number of aliphatic hydroxyl groups excluding tert-OH is 1. The Balaban J connectivity index is 2.13. The first-order valence-corrected chi connectivity index (χ1v) is 5.55. The van der Waals surface area contributed by atoms with Crippen molar-refractivity contribution in [1.29, 1.82) is 0 Å². The van der Waals surface area contributed by atoms with Gasteiger partial charge in [0.25, 0.3) is 0 Å². The Bertz CT molecular complexity index is 330. The van der Waals surface area contributed by atoms with Gasteiger partial charge in [0, 0.05) is 13.1 Å². The zero-order valence-corrected chi connectivity index (χ0v) is 9.63. The molecule has 1 aromatic rings. The highest BCUT2D eigenvalue weighted by Crippen LogP contribution is 2.00. The Morgan fingerprint density at radius 2 is 2.12 bits per heavy atom. The predicted octanol–water partition coefficient (Wildman–Crippen LogP) is 0.622. The average Bonchev–Trinajstić information content (AvgIpc) is 2.37. The van der Waals surface area contributed by atoms with Crippen LogP contribution in [-0.2, 0) is 11.3 Å². The van der Waals surface area contributed by atoms with Crippen molar-refractivity contribution in [3.05, 3.63) is 35.9 Å². The molecule has 1 aromatic carbocycles. The summed E-state index contributed by atoms with van der Waals surface area (Å²) in [6, 6.07) is 9.43. The second-order valence-corrected chi connectivity index (χ2v) is 3.67. The second kappa shape index (κ2) is 7.65. The van der Waals surface area contributed by atoms with Crippen LogP contribution in [0.1, 0.15) is 12.0 Å². The summed E-state index contributed by atoms with van der Waals surface area (Å²) in [5.41, 5.74) is 6.16. The van der Waals surface area contributed by atoms with Gasteiger partial charge in [-0.1, -0.05) is 30.3 Å². The highest BCUT2D eigenvalue weighted by Gasteiger charge is 2.04. The molecule has 1 rings (SSSR count). The number of carbonyl (C=O) groups is 1. The number of hydrogen-bond acceptors (Lipinski definition) is 4. The van der Waals surface area contributed by atoms with E-state index in [-0.39, 0.29) is 13.2 Å². The molecule has 4 N–H and O–H groups in total. The van der Waals surface area contributed by atoms with Crippen LogP contribution in [0.2, 0.25) is 0 Å². The summed E-state index contributed by atoms with van der Waals surface area (Å²) in [5.74, 6) is 0. The first-order valence-electron chi connectivity index (χ1n) is 5.55. The van der Waals surface area contributed by atoms with Gasteiger partial charge in [-0.05, 0) is 12.0 Å². The van der Waals surface area contributed by atoms with Gasteiger partial charge in [0.2, 0.25) is 0 Å². The maximum atomic E-state index is 11.2. The van der Waals surface area contributed by atoms with Crippen molar-refractivity contribution in [3.8, 4) is 0 Å². The summed E-state index contributed by atoms with van der Waals surface area (Å²) in [6.45, 7) is 0.791. The first-order chi connectivity index (χ1) is 8.22. The molecule has 17 heavy (non-hydrogen) atoms. The van der Waals surface area contributed by atoms with Crippen molar-refractivity contribution < 1.29 is 14.6 Å². The van der Waals surface area contributed by atoms with Gasteiger partial charge in [-0.15, -0.1) is 0 Å². The van der Waals surface area contributed by atoms with Crippen LogP contribution >= 0.6 is 0 Å². The molecule has 1 atom stereocenters. The molecule has 0 heterocycles. The molecule has 94 valence electrons. The van der Waals surface area contributed by atoms with Gasteiger partial charge in [0.1, 0.15) is 6.61 Å². The lowest BCUT2D eigenvalue weighted by atomic mass is 10.2. The fraction of sp³-hybridized carbons (Fsp3) is 0.417. The van der Waals surface area contributed by atoms with Crippen molar-refractivity contribution >= 4 is 6.09 Å². The second-order valence-electron chi connectivity index (χ2n) is 3.67. The molecule has 5 nitrogen and oxygen atoms in total. The van der Waals surface area contributed by atoms with Crippen LogP contribution in [-0.4, -0.2) is 30.4 Å². The summed E-state index contributed by atoms with van der Waals surface area (Å²) >= 11 is 0. The number of amides is 1. The Hall–Kier alpha value is -1.59. The molecule has 0 radical (unpaired) electrons. The van der Waals surface area contributed by atoms with E-state index in [0.29, 0.717) is 13.0 Å². The van der Waals surface area contributed by atoms with Gasteiger partial charge in [-0.2, -0.15) is 0 Å². The molecular formula is C12H18N2O3. The van der Waals surface area contributed by atoms with E-state index in [0.717, 1.165) is 5.56 Å². The van der Waals surface area contributed by atoms with Crippen molar-refractivity contribution in [3.63, 3.8) is 0 Å². The molecule has 0 saturated carbocycles. The molecule has 0 aliphatic carbocycles. The van der Waals surface area contributed by atoms with Gasteiger partial charge < -0.3 is 20.9 Å². The third kappa shape index (κ3) is 5.89. The Labute approximate surface area is 101 Å². The van der Waals surface area contributed by atoms with Crippen LogP contribution < -0.4 is 11.1 Å². The summed E-state index contributed by atoms with van der Waals surface area (Å²) < 4.78 is 4.98. The highest BCUT2D eigenvalue weighted by atomic mass is 16.5. The minimum atomic E-state index is -0.579. The van der Waals surface area contributed by atoms with E-state index in [1.165, 1.54) is 0 Å². The molecule has 0 saturated heterocycles. The fourth-order valence-corrected chi connectivity index (χ4v) is 1.23. The van der Waals surface area contributed by atoms with Gasteiger partial charge >= 0.3 is 6.09 Å². The van der Waals surface area contributed by atoms with E-state index in [9.17, 15) is 4.79 Å². The van der Waals surface area contributed by atoms with Gasteiger partial charge in [0.05, 0.1) is 6.10 Å². The predicted molar refractivity (Wildman–Crippen MR) is 64.3 cm³/mol. The molecule has 0 aromatic heterocycles. The van der Waals surface area contributed by atoms with E-state index in [4.69, 9.17) is 15.6 Å². The number of aliphatic hydroxyl groups is 1. The van der Waals surface area contributed by atoms with Crippen molar-refractivity contribution in [2.24, 2.45) is 5.73 Å². The number of carbonyl (C=O) groups excluding carboxylic acids is 1. The Morgan fingerprint density at radius 3 is 2.76 bits per heavy atom. The number of benzene rings is 1. The largest absolute Gasteiger partial charge is 0.445 e. The van der Waals surface area contributed by atoms with Crippen molar-refractivity contribution in [2.45, 2.75) is 19.1 Å². The number of alkyl carbamates (subject to hydrolysis) is 1. The van der Waals surface area contributed by atoms with E-state index in [2.05, 4.69) is 5.32 Å². The third-order valence-corrected chi connectivity index (χ3v) is 2.23. The molecule has 0 fully saturated rings.